The zero-order chi connectivity index (χ0) is 13.1. The van der Waals surface area contributed by atoms with E-state index in [9.17, 15) is 4.79 Å². The SMILES string of the molecule is CC1CCc2c(c(=O)n(C3CC3)c3c2cnn3C)C1. The van der Waals surface area contributed by atoms with Crippen LogP contribution < -0.4 is 5.56 Å². The van der Waals surface area contributed by atoms with Crippen molar-refractivity contribution in [3.05, 3.63) is 27.7 Å². The Hall–Kier alpha value is -1.58. The standard InChI is InChI=1S/C15H19N3O/c1-9-3-6-11-12(7-9)15(19)18(10-4-5-10)14-13(11)8-16-17(14)2/h8-10H,3-7H2,1-2H3. The first kappa shape index (κ1) is 11.3. The number of pyridine rings is 1. The molecule has 4 nitrogen and oxygen atoms in total. The van der Waals surface area contributed by atoms with E-state index in [0.717, 1.165) is 36.9 Å². The van der Waals surface area contributed by atoms with Crippen LogP contribution in [0, 0.1) is 5.92 Å². The van der Waals surface area contributed by atoms with Crippen molar-refractivity contribution in [2.24, 2.45) is 13.0 Å². The highest BCUT2D eigenvalue weighted by molar-refractivity contribution is 5.81. The van der Waals surface area contributed by atoms with Crippen molar-refractivity contribution in [3.8, 4) is 0 Å². The van der Waals surface area contributed by atoms with E-state index in [0.29, 0.717) is 12.0 Å². The fourth-order valence-electron chi connectivity index (χ4n) is 3.47. The summed E-state index contributed by atoms with van der Waals surface area (Å²) in [7, 11) is 1.94. The molecule has 0 aromatic carbocycles. The van der Waals surface area contributed by atoms with Gasteiger partial charge in [0.15, 0.2) is 0 Å². The number of nitrogens with zero attached hydrogens (tertiary/aromatic N) is 3. The highest BCUT2D eigenvalue weighted by Gasteiger charge is 2.31. The largest absolute Gasteiger partial charge is 0.290 e. The Bertz CT molecular complexity index is 721. The molecule has 0 amide bonds. The summed E-state index contributed by atoms with van der Waals surface area (Å²) in [6, 6.07) is 0.410. The van der Waals surface area contributed by atoms with Crippen LogP contribution in [0.5, 0.6) is 0 Å². The third kappa shape index (κ3) is 1.52. The van der Waals surface area contributed by atoms with Gasteiger partial charge in [-0.3, -0.25) is 14.0 Å². The zero-order valence-electron chi connectivity index (χ0n) is 11.5. The molecule has 2 aromatic rings. The molecular formula is C15H19N3O. The maximum atomic E-state index is 12.8. The fraction of sp³-hybridized carbons (Fsp3) is 0.600. The summed E-state index contributed by atoms with van der Waals surface area (Å²) < 4.78 is 3.88. The lowest BCUT2D eigenvalue weighted by molar-refractivity contribution is 0.495. The molecule has 19 heavy (non-hydrogen) atoms. The van der Waals surface area contributed by atoms with Crippen LogP contribution in [0.3, 0.4) is 0 Å². The smallest absolute Gasteiger partial charge is 0.255 e. The van der Waals surface area contributed by atoms with Crippen molar-refractivity contribution in [1.82, 2.24) is 14.3 Å². The van der Waals surface area contributed by atoms with Crippen LogP contribution in [0.2, 0.25) is 0 Å². The van der Waals surface area contributed by atoms with Gasteiger partial charge in [0.1, 0.15) is 5.65 Å². The zero-order valence-corrected chi connectivity index (χ0v) is 11.5. The predicted octanol–water partition coefficient (Wildman–Crippen LogP) is 2.19. The van der Waals surface area contributed by atoms with Crippen LogP contribution >= 0.6 is 0 Å². The topological polar surface area (TPSA) is 39.8 Å². The molecule has 1 unspecified atom stereocenters. The van der Waals surface area contributed by atoms with Gasteiger partial charge in [-0.05, 0) is 43.6 Å². The second kappa shape index (κ2) is 3.71. The number of fused-ring (bicyclic) bond motifs is 3. The Morgan fingerprint density at radius 3 is 2.79 bits per heavy atom. The minimum atomic E-state index is 0.250. The number of aromatic nitrogens is 3. The summed E-state index contributed by atoms with van der Waals surface area (Å²) in [6.45, 7) is 2.25. The molecule has 2 heterocycles. The third-order valence-electron chi connectivity index (χ3n) is 4.65. The molecule has 0 N–H and O–H groups in total. The van der Waals surface area contributed by atoms with E-state index in [-0.39, 0.29) is 5.56 Å². The molecular weight excluding hydrogens is 238 g/mol. The Kier molecular flexibility index (Phi) is 2.20. The highest BCUT2D eigenvalue weighted by Crippen LogP contribution is 2.38. The van der Waals surface area contributed by atoms with Gasteiger partial charge >= 0.3 is 0 Å². The van der Waals surface area contributed by atoms with Gasteiger partial charge in [0.05, 0.1) is 6.20 Å². The van der Waals surface area contributed by atoms with Crippen LogP contribution in [0.1, 0.15) is 43.4 Å². The van der Waals surface area contributed by atoms with E-state index in [2.05, 4.69) is 12.0 Å². The summed E-state index contributed by atoms with van der Waals surface area (Å²) in [4.78, 5) is 12.8. The number of aryl methyl sites for hydroxylation is 2. The molecule has 0 aliphatic heterocycles. The Morgan fingerprint density at radius 2 is 2.05 bits per heavy atom. The van der Waals surface area contributed by atoms with Gasteiger partial charge in [0, 0.05) is 24.0 Å². The van der Waals surface area contributed by atoms with Gasteiger partial charge in [-0.25, -0.2) is 0 Å². The minimum Gasteiger partial charge on any atom is -0.290 e. The van der Waals surface area contributed by atoms with Crippen molar-refractivity contribution in [2.45, 2.75) is 45.1 Å². The quantitative estimate of drug-likeness (QED) is 0.785. The molecule has 1 atom stereocenters. The average Bonchev–Trinajstić information content (AvgIpc) is 3.15. The first-order valence-electron chi connectivity index (χ1n) is 7.24. The second-order valence-corrected chi connectivity index (χ2v) is 6.22. The van der Waals surface area contributed by atoms with Crippen molar-refractivity contribution >= 4 is 11.0 Å². The van der Waals surface area contributed by atoms with Gasteiger partial charge in [0.25, 0.3) is 5.56 Å². The normalized spacial score (nSPS) is 22.7. The minimum absolute atomic E-state index is 0.250. The average molecular weight is 257 g/mol. The van der Waals surface area contributed by atoms with Crippen LogP contribution in [-0.4, -0.2) is 14.3 Å². The lowest BCUT2D eigenvalue weighted by Crippen LogP contribution is -2.30. The van der Waals surface area contributed by atoms with E-state index in [1.807, 2.05) is 22.5 Å². The number of hydrogen-bond acceptors (Lipinski definition) is 2. The van der Waals surface area contributed by atoms with Crippen LogP contribution in [-0.2, 0) is 19.9 Å². The molecule has 4 rings (SSSR count). The van der Waals surface area contributed by atoms with Crippen molar-refractivity contribution < 1.29 is 0 Å². The summed E-state index contributed by atoms with van der Waals surface area (Å²) in [5, 5.41) is 5.60. The first-order chi connectivity index (χ1) is 9.16. The van der Waals surface area contributed by atoms with Gasteiger partial charge in [-0.2, -0.15) is 5.10 Å². The van der Waals surface area contributed by atoms with Gasteiger partial charge in [-0.1, -0.05) is 6.92 Å². The number of hydrogen-bond donors (Lipinski definition) is 0. The van der Waals surface area contributed by atoms with Gasteiger partial charge < -0.3 is 0 Å². The van der Waals surface area contributed by atoms with E-state index in [1.54, 1.807) is 0 Å². The van der Waals surface area contributed by atoms with Crippen molar-refractivity contribution in [3.63, 3.8) is 0 Å². The molecule has 4 heteroatoms. The molecule has 1 fully saturated rings. The van der Waals surface area contributed by atoms with Gasteiger partial charge in [-0.15, -0.1) is 0 Å². The molecule has 2 aliphatic rings. The van der Waals surface area contributed by atoms with Crippen LogP contribution in [0.15, 0.2) is 11.0 Å². The molecule has 0 bridgehead atoms. The van der Waals surface area contributed by atoms with Crippen molar-refractivity contribution in [1.29, 1.82) is 0 Å². The summed E-state index contributed by atoms with van der Waals surface area (Å²) >= 11 is 0. The van der Waals surface area contributed by atoms with Gasteiger partial charge in [0.2, 0.25) is 0 Å². The first-order valence-corrected chi connectivity index (χ1v) is 7.24. The fourth-order valence-corrected chi connectivity index (χ4v) is 3.47. The van der Waals surface area contributed by atoms with E-state index < -0.39 is 0 Å². The molecule has 0 spiro atoms. The van der Waals surface area contributed by atoms with E-state index in [4.69, 9.17) is 0 Å². The molecule has 2 aliphatic carbocycles. The van der Waals surface area contributed by atoms with Crippen LogP contribution in [0.4, 0.5) is 0 Å². The lowest BCUT2D eigenvalue weighted by Gasteiger charge is -2.23. The predicted molar refractivity (Wildman–Crippen MR) is 74.4 cm³/mol. The number of rotatable bonds is 1. The maximum Gasteiger partial charge on any atom is 0.255 e. The Morgan fingerprint density at radius 1 is 1.26 bits per heavy atom. The van der Waals surface area contributed by atoms with Crippen LogP contribution in [0.25, 0.3) is 11.0 Å². The summed E-state index contributed by atoms with van der Waals surface area (Å²) in [5.74, 6) is 0.627. The summed E-state index contributed by atoms with van der Waals surface area (Å²) in [5.41, 5.74) is 3.61. The third-order valence-corrected chi connectivity index (χ3v) is 4.65. The molecule has 100 valence electrons. The Labute approximate surface area is 112 Å². The molecule has 1 saturated carbocycles. The Balaban J connectivity index is 2.11. The summed E-state index contributed by atoms with van der Waals surface area (Å²) in [6.07, 6.45) is 7.36. The molecule has 2 aromatic heterocycles. The van der Waals surface area contributed by atoms with E-state index >= 15 is 0 Å². The highest BCUT2D eigenvalue weighted by atomic mass is 16.1. The molecule has 0 saturated heterocycles. The van der Waals surface area contributed by atoms with E-state index in [1.165, 1.54) is 17.4 Å². The van der Waals surface area contributed by atoms with Crippen molar-refractivity contribution in [2.75, 3.05) is 0 Å². The second-order valence-electron chi connectivity index (χ2n) is 6.22. The maximum absolute atomic E-state index is 12.8. The molecule has 0 radical (unpaired) electrons. The monoisotopic (exact) mass is 257 g/mol. The lowest BCUT2D eigenvalue weighted by atomic mass is 9.84.